The lowest BCUT2D eigenvalue weighted by atomic mass is 10.1. The second-order valence-corrected chi connectivity index (χ2v) is 5.10. The van der Waals surface area contributed by atoms with E-state index < -0.39 is 0 Å². The molecule has 0 aliphatic carbocycles. The normalized spacial score (nSPS) is 10.2. The van der Waals surface area contributed by atoms with E-state index in [0.29, 0.717) is 12.3 Å². The molecule has 0 unspecified atom stereocenters. The molecule has 0 aromatic heterocycles. The molecule has 0 aliphatic heterocycles. The Balaban J connectivity index is 2.78. The molecule has 4 nitrogen and oxygen atoms in total. The summed E-state index contributed by atoms with van der Waals surface area (Å²) in [5.41, 5.74) is 8.01. The number of nitrogens with one attached hydrogen (secondary N) is 2. The lowest BCUT2D eigenvalue weighted by Gasteiger charge is -2.12. The fourth-order valence-electron chi connectivity index (χ4n) is 1.55. The maximum absolute atomic E-state index is 11.7. The third kappa shape index (κ3) is 4.71. The smallest absolute Gasteiger partial charge is 0.224 e. The fraction of sp³-hybridized carbons (Fsp3) is 0.385. The molecule has 0 heterocycles. The van der Waals surface area contributed by atoms with Crippen LogP contribution in [-0.4, -0.2) is 11.0 Å². The largest absolute Gasteiger partial charge is 0.376 e. The second-order valence-electron chi connectivity index (χ2n) is 4.67. The zero-order valence-electron chi connectivity index (χ0n) is 10.9. The molecule has 4 N–H and O–H groups in total. The van der Waals surface area contributed by atoms with Crippen molar-refractivity contribution in [2.45, 2.75) is 27.2 Å². The van der Waals surface area contributed by atoms with Crippen LogP contribution in [0.1, 0.15) is 25.8 Å². The summed E-state index contributed by atoms with van der Waals surface area (Å²) in [6, 6.07) is 5.59. The molecule has 1 aromatic carbocycles. The van der Waals surface area contributed by atoms with Gasteiger partial charge in [-0.15, -0.1) is 0 Å². The summed E-state index contributed by atoms with van der Waals surface area (Å²) < 4.78 is 0. The Labute approximate surface area is 113 Å². The number of rotatable bonds is 4. The molecule has 1 amide bonds. The van der Waals surface area contributed by atoms with Crippen LogP contribution in [0.15, 0.2) is 18.2 Å². The van der Waals surface area contributed by atoms with Gasteiger partial charge in [-0.25, -0.2) is 0 Å². The number of hydrogen-bond donors (Lipinski definition) is 3. The van der Waals surface area contributed by atoms with E-state index in [1.165, 1.54) is 0 Å². The first-order valence-corrected chi connectivity index (χ1v) is 6.26. The lowest BCUT2D eigenvalue weighted by Crippen LogP contribution is -2.20. The van der Waals surface area contributed by atoms with Crippen molar-refractivity contribution in [1.82, 2.24) is 0 Å². The standard InChI is InChI=1S/C13H19N3OS/c1-8(2)6-12(17)15-10-5-4-9(3)11(7-10)16-13(14)18/h4-5,7-8H,6H2,1-3H3,(H,15,17)(H3,14,16,18). The van der Waals surface area contributed by atoms with E-state index >= 15 is 0 Å². The topological polar surface area (TPSA) is 67.2 Å². The first kappa shape index (κ1) is 14.4. The summed E-state index contributed by atoms with van der Waals surface area (Å²) in [5.74, 6) is 0.347. The summed E-state index contributed by atoms with van der Waals surface area (Å²) in [4.78, 5) is 11.7. The number of amides is 1. The van der Waals surface area contributed by atoms with Crippen LogP contribution in [0.2, 0.25) is 0 Å². The van der Waals surface area contributed by atoms with Crippen molar-refractivity contribution in [3.8, 4) is 0 Å². The Morgan fingerprint density at radius 3 is 2.61 bits per heavy atom. The van der Waals surface area contributed by atoms with Gasteiger partial charge in [0.25, 0.3) is 0 Å². The second kappa shape index (κ2) is 6.35. The minimum atomic E-state index is 0.00938. The van der Waals surface area contributed by atoms with Crippen LogP contribution in [0.25, 0.3) is 0 Å². The van der Waals surface area contributed by atoms with Crippen molar-refractivity contribution in [3.05, 3.63) is 23.8 Å². The van der Waals surface area contributed by atoms with Gasteiger partial charge in [-0.1, -0.05) is 19.9 Å². The summed E-state index contributed by atoms with van der Waals surface area (Å²) in [7, 11) is 0. The zero-order valence-corrected chi connectivity index (χ0v) is 11.7. The van der Waals surface area contributed by atoms with Gasteiger partial charge in [0.05, 0.1) is 0 Å². The van der Waals surface area contributed by atoms with Crippen molar-refractivity contribution >= 4 is 34.6 Å². The minimum absolute atomic E-state index is 0.00938. The Morgan fingerprint density at radius 2 is 2.06 bits per heavy atom. The van der Waals surface area contributed by atoms with Crippen LogP contribution >= 0.6 is 12.2 Å². The van der Waals surface area contributed by atoms with E-state index in [0.717, 1.165) is 16.9 Å². The van der Waals surface area contributed by atoms with Crippen molar-refractivity contribution in [2.24, 2.45) is 11.7 Å². The van der Waals surface area contributed by atoms with Gasteiger partial charge >= 0.3 is 0 Å². The van der Waals surface area contributed by atoms with Crippen LogP contribution in [-0.2, 0) is 4.79 Å². The highest BCUT2D eigenvalue weighted by atomic mass is 32.1. The van der Waals surface area contributed by atoms with Crippen molar-refractivity contribution in [2.75, 3.05) is 10.6 Å². The van der Waals surface area contributed by atoms with Crippen molar-refractivity contribution in [1.29, 1.82) is 0 Å². The summed E-state index contributed by atoms with van der Waals surface area (Å²) in [6.45, 7) is 5.96. The number of aryl methyl sites for hydroxylation is 1. The number of carbonyl (C=O) groups excluding carboxylic acids is 1. The number of carbonyl (C=O) groups is 1. The Hall–Kier alpha value is -1.62. The average molecular weight is 265 g/mol. The van der Waals surface area contributed by atoms with Crippen molar-refractivity contribution in [3.63, 3.8) is 0 Å². The first-order chi connectivity index (χ1) is 8.38. The van der Waals surface area contributed by atoms with Gasteiger partial charge in [0, 0.05) is 17.8 Å². The summed E-state index contributed by atoms with van der Waals surface area (Å²) in [6.07, 6.45) is 0.506. The number of hydrogen-bond acceptors (Lipinski definition) is 2. The van der Waals surface area contributed by atoms with E-state index in [4.69, 9.17) is 18.0 Å². The van der Waals surface area contributed by atoms with Gasteiger partial charge < -0.3 is 16.4 Å². The van der Waals surface area contributed by atoms with E-state index in [9.17, 15) is 4.79 Å². The predicted molar refractivity (Wildman–Crippen MR) is 79.7 cm³/mol. The molecule has 1 aromatic rings. The van der Waals surface area contributed by atoms with Gasteiger partial charge in [0.1, 0.15) is 0 Å². The zero-order chi connectivity index (χ0) is 13.7. The van der Waals surface area contributed by atoms with Crippen LogP contribution in [0.3, 0.4) is 0 Å². The van der Waals surface area contributed by atoms with Gasteiger partial charge in [-0.05, 0) is 42.8 Å². The number of nitrogens with two attached hydrogens (primary N) is 1. The van der Waals surface area contributed by atoms with Gasteiger partial charge in [0.2, 0.25) is 5.91 Å². The fourth-order valence-corrected chi connectivity index (χ4v) is 1.66. The molecular weight excluding hydrogens is 246 g/mol. The third-order valence-electron chi connectivity index (χ3n) is 2.37. The molecule has 0 bridgehead atoms. The number of anilines is 2. The molecule has 0 radical (unpaired) electrons. The Kier molecular flexibility index (Phi) is 5.09. The Morgan fingerprint density at radius 1 is 1.39 bits per heavy atom. The molecule has 0 saturated carbocycles. The van der Waals surface area contributed by atoms with Gasteiger partial charge in [0.15, 0.2) is 5.11 Å². The predicted octanol–water partition coefficient (Wildman–Crippen LogP) is 2.64. The molecular formula is C13H19N3OS. The maximum Gasteiger partial charge on any atom is 0.224 e. The quantitative estimate of drug-likeness (QED) is 0.732. The molecule has 0 spiro atoms. The minimum Gasteiger partial charge on any atom is -0.376 e. The highest BCUT2D eigenvalue weighted by molar-refractivity contribution is 7.80. The molecule has 0 saturated heterocycles. The van der Waals surface area contributed by atoms with Gasteiger partial charge in [-0.3, -0.25) is 4.79 Å². The van der Waals surface area contributed by atoms with Crippen LogP contribution in [0.5, 0.6) is 0 Å². The SMILES string of the molecule is Cc1ccc(NC(=O)CC(C)C)cc1NC(N)=S. The first-order valence-electron chi connectivity index (χ1n) is 5.85. The molecule has 18 heavy (non-hydrogen) atoms. The van der Waals surface area contributed by atoms with E-state index in [1.807, 2.05) is 39.0 Å². The van der Waals surface area contributed by atoms with Crippen LogP contribution in [0.4, 0.5) is 11.4 Å². The molecule has 5 heteroatoms. The molecule has 1 rings (SSSR count). The highest BCUT2D eigenvalue weighted by Crippen LogP contribution is 2.20. The van der Waals surface area contributed by atoms with E-state index in [-0.39, 0.29) is 11.0 Å². The van der Waals surface area contributed by atoms with Crippen molar-refractivity contribution < 1.29 is 4.79 Å². The molecule has 0 fully saturated rings. The van der Waals surface area contributed by atoms with Crippen LogP contribution < -0.4 is 16.4 Å². The lowest BCUT2D eigenvalue weighted by molar-refractivity contribution is -0.116. The third-order valence-corrected chi connectivity index (χ3v) is 2.47. The van der Waals surface area contributed by atoms with Crippen LogP contribution in [0, 0.1) is 12.8 Å². The average Bonchev–Trinajstić information content (AvgIpc) is 2.21. The highest BCUT2D eigenvalue weighted by Gasteiger charge is 2.07. The Bertz CT molecular complexity index is 458. The molecule has 0 aliphatic rings. The number of benzene rings is 1. The maximum atomic E-state index is 11.7. The summed E-state index contributed by atoms with van der Waals surface area (Å²) >= 11 is 4.80. The monoisotopic (exact) mass is 265 g/mol. The molecule has 98 valence electrons. The van der Waals surface area contributed by atoms with E-state index in [2.05, 4.69) is 10.6 Å². The number of thiocarbonyl (C=S) groups is 1. The van der Waals surface area contributed by atoms with Gasteiger partial charge in [-0.2, -0.15) is 0 Å². The summed E-state index contributed by atoms with van der Waals surface area (Å²) in [5, 5.41) is 5.95. The molecule has 0 atom stereocenters. The van der Waals surface area contributed by atoms with E-state index in [1.54, 1.807) is 0 Å².